The fourth-order valence-electron chi connectivity index (χ4n) is 2.82. The molecule has 0 unspecified atom stereocenters. The number of pyridine rings is 2. The highest BCUT2D eigenvalue weighted by Crippen LogP contribution is 2.28. The van der Waals surface area contributed by atoms with E-state index in [-0.39, 0.29) is 0 Å². The summed E-state index contributed by atoms with van der Waals surface area (Å²) in [6.07, 6.45) is 10.3. The molecule has 2 N–H and O–H groups in total. The predicted octanol–water partition coefficient (Wildman–Crippen LogP) is 2.87. The Morgan fingerprint density at radius 1 is 0.885 bits per heavy atom. The third kappa shape index (κ3) is 2.40. The van der Waals surface area contributed by atoms with Crippen molar-refractivity contribution in [1.29, 1.82) is 0 Å². The van der Waals surface area contributed by atoms with Crippen molar-refractivity contribution in [3.63, 3.8) is 0 Å². The molecule has 0 atom stereocenters. The molecule has 0 fully saturated rings. The Balaban J connectivity index is 1.60. The molecule has 5 rings (SSSR count). The number of aromatic amines is 2. The summed E-state index contributed by atoms with van der Waals surface area (Å²) >= 11 is 0. The highest BCUT2D eigenvalue weighted by molar-refractivity contribution is 5.91. The van der Waals surface area contributed by atoms with Crippen LogP contribution in [0.3, 0.4) is 0 Å². The largest absolute Gasteiger partial charge is 0.321 e. The maximum atomic E-state index is 4.71. The molecule has 0 saturated heterocycles. The molecular formula is C18H12N8. The van der Waals surface area contributed by atoms with Gasteiger partial charge < -0.3 is 4.98 Å². The Morgan fingerprint density at radius 2 is 1.77 bits per heavy atom. The first-order valence-electron chi connectivity index (χ1n) is 7.95. The number of H-pyrrole nitrogens is 2. The topological polar surface area (TPSA) is 109 Å². The summed E-state index contributed by atoms with van der Waals surface area (Å²) in [6, 6.07) is 7.73. The van der Waals surface area contributed by atoms with Crippen molar-refractivity contribution in [2.45, 2.75) is 0 Å². The van der Waals surface area contributed by atoms with E-state index >= 15 is 0 Å². The number of aromatic nitrogens is 8. The van der Waals surface area contributed by atoms with E-state index in [1.54, 1.807) is 24.8 Å². The fraction of sp³-hybridized carbons (Fsp3) is 0. The van der Waals surface area contributed by atoms with Crippen LogP contribution in [0.15, 0.2) is 61.6 Å². The Labute approximate surface area is 147 Å². The van der Waals surface area contributed by atoms with Gasteiger partial charge in [0.05, 0.1) is 5.69 Å². The molecule has 0 saturated carbocycles. The molecule has 0 bridgehead atoms. The second-order valence-corrected chi connectivity index (χ2v) is 5.68. The highest BCUT2D eigenvalue weighted by Gasteiger charge is 2.14. The lowest BCUT2D eigenvalue weighted by atomic mass is 10.1. The number of fused-ring (bicyclic) bond motifs is 1. The van der Waals surface area contributed by atoms with Gasteiger partial charge in [0.15, 0.2) is 11.5 Å². The van der Waals surface area contributed by atoms with Crippen molar-refractivity contribution in [2.75, 3.05) is 0 Å². The monoisotopic (exact) mass is 340 g/mol. The van der Waals surface area contributed by atoms with E-state index < -0.39 is 0 Å². The third-order valence-corrected chi connectivity index (χ3v) is 4.05. The molecule has 8 nitrogen and oxygen atoms in total. The van der Waals surface area contributed by atoms with Crippen molar-refractivity contribution in [3.05, 3.63) is 61.6 Å². The predicted molar refractivity (Wildman–Crippen MR) is 95.7 cm³/mol. The molecule has 0 aromatic carbocycles. The van der Waals surface area contributed by atoms with Gasteiger partial charge in [-0.25, -0.2) is 19.9 Å². The first kappa shape index (κ1) is 14.4. The normalized spacial score (nSPS) is 11.1. The molecule has 0 aliphatic rings. The summed E-state index contributed by atoms with van der Waals surface area (Å²) in [4.78, 5) is 24.6. The molecule has 5 aromatic heterocycles. The summed E-state index contributed by atoms with van der Waals surface area (Å²) in [6.45, 7) is 0. The van der Waals surface area contributed by atoms with Gasteiger partial charge in [0.1, 0.15) is 17.5 Å². The number of hydrogen-bond acceptors (Lipinski definition) is 6. The first-order valence-corrected chi connectivity index (χ1v) is 7.95. The Kier molecular flexibility index (Phi) is 3.24. The van der Waals surface area contributed by atoms with Crippen LogP contribution in [0.25, 0.3) is 45.1 Å². The number of imidazole rings is 1. The molecular weight excluding hydrogens is 328 g/mol. The van der Waals surface area contributed by atoms with Gasteiger partial charge in [-0.15, -0.1) is 0 Å². The quantitative estimate of drug-likeness (QED) is 0.523. The van der Waals surface area contributed by atoms with Crippen molar-refractivity contribution < 1.29 is 0 Å². The lowest BCUT2D eigenvalue weighted by molar-refractivity contribution is 1.08. The second kappa shape index (κ2) is 5.85. The fourth-order valence-corrected chi connectivity index (χ4v) is 2.82. The van der Waals surface area contributed by atoms with Gasteiger partial charge in [-0.1, -0.05) is 6.07 Å². The minimum Gasteiger partial charge on any atom is -0.321 e. The molecule has 0 amide bonds. The van der Waals surface area contributed by atoms with Crippen LogP contribution in [0.5, 0.6) is 0 Å². The van der Waals surface area contributed by atoms with Gasteiger partial charge in [-0.05, 0) is 18.2 Å². The van der Waals surface area contributed by atoms with Gasteiger partial charge in [-0.3, -0.25) is 10.1 Å². The first-order chi connectivity index (χ1) is 12.9. The van der Waals surface area contributed by atoms with Crippen LogP contribution in [0.2, 0.25) is 0 Å². The number of nitrogens with zero attached hydrogens (tertiary/aromatic N) is 6. The Morgan fingerprint density at radius 3 is 2.62 bits per heavy atom. The van der Waals surface area contributed by atoms with E-state index in [9.17, 15) is 0 Å². The van der Waals surface area contributed by atoms with Gasteiger partial charge in [0.25, 0.3) is 0 Å². The molecule has 0 aliphatic carbocycles. The molecule has 5 heterocycles. The van der Waals surface area contributed by atoms with Crippen LogP contribution in [-0.4, -0.2) is 40.1 Å². The summed E-state index contributed by atoms with van der Waals surface area (Å²) in [5.74, 6) is 0.642. The van der Waals surface area contributed by atoms with Crippen LogP contribution >= 0.6 is 0 Å². The van der Waals surface area contributed by atoms with E-state index in [2.05, 4.69) is 35.1 Å². The zero-order chi connectivity index (χ0) is 17.3. The molecule has 0 radical (unpaired) electrons. The van der Waals surface area contributed by atoms with Gasteiger partial charge in [0.2, 0.25) is 0 Å². The lowest BCUT2D eigenvalue weighted by Gasteiger charge is -2.00. The van der Waals surface area contributed by atoms with Crippen molar-refractivity contribution in [3.8, 4) is 33.9 Å². The minimum atomic E-state index is 0.642. The van der Waals surface area contributed by atoms with Crippen LogP contribution < -0.4 is 0 Å². The lowest BCUT2D eigenvalue weighted by Crippen LogP contribution is -1.83. The smallest absolute Gasteiger partial charge is 0.160 e. The summed E-state index contributed by atoms with van der Waals surface area (Å²) in [7, 11) is 0. The number of nitrogens with one attached hydrogen (secondary N) is 2. The summed E-state index contributed by atoms with van der Waals surface area (Å²) < 4.78 is 0. The SMILES string of the molecule is c1cncc(-c2ccnc3[nH]c(-c4cc(-c5cncnc5)[nH]n4)nc23)c1. The molecule has 8 heteroatoms. The standard InChI is InChI=1S/C18H12N8/c1-2-11(7-19-4-1)13-3-5-22-18-16(13)23-17(24-18)15-6-14(25-26-15)12-8-20-10-21-9-12/h1-10H,(H,25,26)(H,22,23,24). The van der Waals surface area contributed by atoms with E-state index in [0.717, 1.165) is 27.9 Å². The van der Waals surface area contributed by atoms with Gasteiger partial charge in [-0.2, -0.15) is 5.10 Å². The summed E-state index contributed by atoms with van der Waals surface area (Å²) in [5, 5.41) is 7.34. The molecule has 124 valence electrons. The van der Waals surface area contributed by atoms with E-state index in [4.69, 9.17) is 4.98 Å². The van der Waals surface area contributed by atoms with Crippen molar-refractivity contribution in [1.82, 2.24) is 40.1 Å². The van der Waals surface area contributed by atoms with Crippen LogP contribution in [0.4, 0.5) is 0 Å². The second-order valence-electron chi connectivity index (χ2n) is 5.68. The van der Waals surface area contributed by atoms with Crippen molar-refractivity contribution in [2.24, 2.45) is 0 Å². The molecule has 0 spiro atoms. The van der Waals surface area contributed by atoms with E-state index in [0.29, 0.717) is 17.2 Å². The van der Waals surface area contributed by atoms with Gasteiger partial charge >= 0.3 is 0 Å². The third-order valence-electron chi connectivity index (χ3n) is 4.05. The zero-order valence-electron chi connectivity index (χ0n) is 13.5. The average molecular weight is 340 g/mol. The minimum absolute atomic E-state index is 0.642. The Bertz CT molecular complexity index is 1180. The van der Waals surface area contributed by atoms with E-state index in [1.165, 1.54) is 6.33 Å². The average Bonchev–Trinajstić information content (AvgIpc) is 3.36. The molecule has 5 aromatic rings. The molecule has 26 heavy (non-hydrogen) atoms. The van der Waals surface area contributed by atoms with Crippen LogP contribution in [-0.2, 0) is 0 Å². The maximum Gasteiger partial charge on any atom is 0.160 e. The zero-order valence-corrected chi connectivity index (χ0v) is 13.5. The summed E-state index contributed by atoms with van der Waals surface area (Å²) in [5.41, 5.74) is 5.81. The van der Waals surface area contributed by atoms with Crippen molar-refractivity contribution >= 4 is 11.2 Å². The molecule has 0 aliphatic heterocycles. The van der Waals surface area contributed by atoms with E-state index in [1.807, 2.05) is 30.5 Å². The highest BCUT2D eigenvalue weighted by atomic mass is 15.1. The van der Waals surface area contributed by atoms with Crippen LogP contribution in [0.1, 0.15) is 0 Å². The Hall–Kier alpha value is -3.94. The number of hydrogen-bond donors (Lipinski definition) is 2. The maximum absolute atomic E-state index is 4.71. The van der Waals surface area contributed by atoms with Gasteiger partial charge in [0, 0.05) is 47.7 Å². The van der Waals surface area contributed by atoms with Crippen LogP contribution in [0, 0.1) is 0 Å². The number of rotatable bonds is 3.